The monoisotopic (exact) mass is 294 g/mol. The molecular formula is C19H38N2. The molecule has 0 aromatic heterocycles. The largest absolute Gasteiger partial charge is 0.361 e. The number of unbranched alkanes of at least 4 members (excludes halogenated alkanes) is 13. The lowest BCUT2D eigenvalue weighted by Crippen LogP contribution is -2.20. The fourth-order valence-electron chi connectivity index (χ4n) is 3.10. The number of aliphatic imine (C=N–C) groups is 1. The van der Waals surface area contributed by atoms with Crippen LogP contribution in [0.5, 0.6) is 0 Å². The van der Waals surface area contributed by atoms with E-state index in [-0.39, 0.29) is 0 Å². The van der Waals surface area contributed by atoms with Gasteiger partial charge in [-0.2, -0.15) is 0 Å². The zero-order chi connectivity index (χ0) is 15.0. The molecule has 0 unspecified atom stereocenters. The van der Waals surface area contributed by atoms with Crippen LogP contribution in [0.3, 0.4) is 0 Å². The average Bonchev–Trinajstić information content (AvgIpc) is 3.01. The van der Waals surface area contributed by atoms with Crippen molar-refractivity contribution in [2.45, 2.75) is 96.8 Å². The third-order valence-electron chi connectivity index (χ3n) is 4.56. The highest BCUT2D eigenvalue weighted by Gasteiger charge is 2.03. The van der Waals surface area contributed by atoms with Gasteiger partial charge in [0, 0.05) is 13.1 Å². The van der Waals surface area contributed by atoms with E-state index >= 15 is 0 Å². The maximum absolute atomic E-state index is 4.25. The van der Waals surface area contributed by atoms with Crippen LogP contribution in [0.4, 0.5) is 0 Å². The fraction of sp³-hybridized carbons (Fsp3) is 0.947. The minimum absolute atomic E-state index is 1.01. The molecule has 0 aliphatic carbocycles. The van der Waals surface area contributed by atoms with Crippen molar-refractivity contribution in [2.75, 3.05) is 19.6 Å². The topological polar surface area (TPSA) is 15.6 Å². The minimum Gasteiger partial charge on any atom is -0.361 e. The Bertz CT molecular complexity index is 238. The summed E-state index contributed by atoms with van der Waals surface area (Å²) in [6.45, 7) is 5.68. The van der Waals surface area contributed by atoms with Gasteiger partial charge in [0.15, 0.2) is 0 Å². The van der Waals surface area contributed by atoms with E-state index in [4.69, 9.17) is 0 Å². The van der Waals surface area contributed by atoms with Crippen LogP contribution in [0.2, 0.25) is 0 Å². The van der Waals surface area contributed by atoms with E-state index < -0.39 is 0 Å². The molecule has 2 nitrogen and oxygen atoms in total. The molecule has 0 atom stereocenters. The van der Waals surface area contributed by atoms with Gasteiger partial charge in [0.2, 0.25) is 0 Å². The Morgan fingerprint density at radius 2 is 1.19 bits per heavy atom. The Hall–Kier alpha value is -0.530. The van der Waals surface area contributed by atoms with Crippen LogP contribution in [0, 0.1) is 0 Å². The smallest absolute Gasteiger partial charge is 0.0851 e. The molecule has 0 radical (unpaired) electrons. The SMILES string of the molecule is CCCCCCCCCCCCCCCCN1C=NCC1. The summed E-state index contributed by atoms with van der Waals surface area (Å²) in [5, 5.41) is 0. The van der Waals surface area contributed by atoms with E-state index in [9.17, 15) is 0 Å². The molecule has 0 saturated heterocycles. The van der Waals surface area contributed by atoms with E-state index in [1.807, 2.05) is 6.34 Å². The van der Waals surface area contributed by atoms with Crippen molar-refractivity contribution >= 4 is 6.34 Å². The Kier molecular flexibility index (Phi) is 12.7. The lowest BCUT2D eigenvalue weighted by Gasteiger charge is -2.12. The predicted octanol–water partition coefficient (Wildman–Crippen LogP) is 5.81. The maximum atomic E-state index is 4.25. The first kappa shape index (κ1) is 18.5. The highest BCUT2D eigenvalue weighted by atomic mass is 15.2. The first-order chi connectivity index (χ1) is 10.4. The van der Waals surface area contributed by atoms with Crippen molar-refractivity contribution in [1.29, 1.82) is 0 Å². The molecule has 1 heterocycles. The van der Waals surface area contributed by atoms with Crippen molar-refractivity contribution in [3.63, 3.8) is 0 Å². The standard InChI is InChI=1S/C19H38N2/c1-2-3-4-5-6-7-8-9-10-11-12-13-14-15-17-21-18-16-20-19-21/h19H,2-18H2,1H3. The van der Waals surface area contributed by atoms with Crippen molar-refractivity contribution in [3.05, 3.63) is 0 Å². The van der Waals surface area contributed by atoms with Crippen LogP contribution in [0.25, 0.3) is 0 Å². The quantitative estimate of drug-likeness (QED) is 0.348. The van der Waals surface area contributed by atoms with Crippen LogP contribution in [-0.2, 0) is 0 Å². The molecule has 1 aliphatic heterocycles. The molecule has 1 rings (SSSR count). The molecule has 21 heavy (non-hydrogen) atoms. The summed E-state index contributed by atoms with van der Waals surface area (Å²) >= 11 is 0. The lowest BCUT2D eigenvalue weighted by atomic mass is 10.0. The molecule has 0 fully saturated rings. The van der Waals surface area contributed by atoms with E-state index in [2.05, 4.69) is 16.8 Å². The molecule has 0 saturated carbocycles. The minimum atomic E-state index is 1.01. The van der Waals surface area contributed by atoms with Crippen molar-refractivity contribution in [3.8, 4) is 0 Å². The molecule has 124 valence electrons. The van der Waals surface area contributed by atoms with Crippen LogP contribution >= 0.6 is 0 Å². The molecule has 0 aromatic carbocycles. The summed E-state index contributed by atoms with van der Waals surface area (Å²) in [5.41, 5.74) is 0. The second-order valence-corrected chi connectivity index (χ2v) is 6.65. The lowest BCUT2D eigenvalue weighted by molar-refractivity contribution is 0.438. The van der Waals surface area contributed by atoms with E-state index in [1.165, 1.54) is 96.4 Å². The maximum Gasteiger partial charge on any atom is 0.0851 e. The average molecular weight is 295 g/mol. The second kappa shape index (κ2) is 14.4. The van der Waals surface area contributed by atoms with Gasteiger partial charge in [-0.1, -0.05) is 90.4 Å². The first-order valence-electron chi connectivity index (χ1n) is 9.67. The Balaban J connectivity index is 1.66. The molecule has 0 bridgehead atoms. The van der Waals surface area contributed by atoms with Gasteiger partial charge in [0.1, 0.15) is 0 Å². The summed E-state index contributed by atoms with van der Waals surface area (Å²) in [6, 6.07) is 0. The van der Waals surface area contributed by atoms with Gasteiger partial charge in [0.05, 0.1) is 12.9 Å². The summed E-state index contributed by atoms with van der Waals surface area (Å²) in [4.78, 5) is 6.61. The van der Waals surface area contributed by atoms with Gasteiger partial charge in [-0.25, -0.2) is 0 Å². The van der Waals surface area contributed by atoms with Gasteiger partial charge in [-0.05, 0) is 6.42 Å². The summed E-state index contributed by atoms with van der Waals surface area (Å²) < 4.78 is 0. The Morgan fingerprint density at radius 3 is 1.62 bits per heavy atom. The predicted molar refractivity (Wildman–Crippen MR) is 95.2 cm³/mol. The van der Waals surface area contributed by atoms with Crippen LogP contribution in [0.1, 0.15) is 96.8 Å². The molecule has 0 spiro atoms. The van der Waals surface area contributed by atoms with Crippen LogP contribution in [-0.4, -0.2) is 30.9 Å². The van der Waals surface area contributed by atoms with Gasteiger partial charge >= 0.3 is 0 Å². The van der Waals surface area contributed by atoms with E-state index in [1.54, 1.807) is 0 Å². The molecular weight excluding hydrogens is 256 g/mol. The summed E-state index contributed by atoms with van der Waals surface area (Å²) in [7, 11) is 0. The number of hydrogen-bond donors (Lipinski definition) is 0. The zero-order valence-corrected chi connectivity index (χ0v) is 14.5. The molecule has 2 heteroatoms. The van der Waals surface area contributed by atoms with Crippen LogP contribution in [0.15, 0.2) is 4.99 Å². The van der Waals surface area contributed by atoms with E-state index in [0.717, 1.165) is 13.1 Å². The second-order valence-electron chi connectivity index (χ2n) is 6.65. The van der Waals surface area contributed by atoms with Gasteiger partial charge in [-0.3, -0.25) is 4.99 Å². The highest BCUT2D eigenvalue weighted by molar-refractivity contribution is 5.56. The Labute approximate surface area is 133 Å². The van der Waals surface area contributed by atoms with Crippen molar-refractivity contribution in [2.24, 2.45) is 4.99 Å². The van der Waals surface area contributed by atoms with Crippen molar-refractivity contribution in [1.82, 2.24) is 4.90 Å². The van der Waals surface area contributed by atoms with Gasteiger partial charge in [-0.15, -0.1) is 0 Å². The van der Waals surface area contributed by atoms with Crippen LogP contribution < -0.4 is 0 Å². The first-order valence-corrected chi connectivity index (χ1v) is 9.67. The zero-order valence-electron chi connectivity index (χ0n) is 14.5. The fourth-order valence-corrected chi connectivity index (χ4v) is 3.10. The molecule has 0 amide bonds. The normalized spacial score (nSPS) is 14.2. The van der Waals surface area contributed by atoms with Gasteiger partial charge < -0.3 is 4.90 Å². The molecule has 1 aliphatic rings. The number of nitrogens with zero attached hydrogens (tertiary/aromatic N) is 2. The third-order valence-corrected chi connectivity index (χ3v) is 4.56. The summed E-state index contributed by atoms with van der Waals surface area (Å²) in [6.07, 6.45) is 22.2. The summed E-state index contributed by atoms with van der Waals surface area (Å²) in [5.74, 6) is 0. The number of rotatable bonds is 15. The molecule has 0 aromatic rings. The number of hydrogen-bond acceptors (Lipinski definition) is 2. The van der Waals surface area contributed by atoms with Crippen molar-refractivity contribution < 1.29 is 0 Å². The van der Waals surface area contributed by atoms with E-state index in [0.29, 0.717) is 0 Å². The Morgan fingerprint density at radius 1 is 0.714 bits per heavy atom. The molecule has 0 N–H and O–H groups in total. The van der Waals surface area contributed by atoms with Gasteiger partial charge in [0.25, 0.3) is 0 Å². The highest BCUT2D eigenvalue weighted by Crippen LogP contribution is 2.13. The third kappa shape index (κ3) is 11.8.